The summed E-state index contributed by atoms with van der Waals surface area (Å²) >= 11 is 5.99. The molecule has 0 aliphatic heterocycles. The molecule has 2 saturated carbocycles. The van der Waals surface area contributed by atoms with Crippen LogP contribution in [0.15, 0.2) is 18.2 Å². The van der Waals surface area contributed by atoms with Gasteiger partial charge in [-0.25, -0.2) is 0 Å². The first-order valence-electron chi connectivity index (χ1n) is 6.12. The number of fused-ring (bicyclic) bond motifs is 2. The van der Waals surface area contributed by atoms with E-state index in [4.69, 9.17) is 21.6 Å². The molecule has 2 fully saturated rings. The minimum atomic E-state index is 0.359. The second-order valence-corrected chi connectivity index (χ2v) is 5.49. The fourth-order valence-corrected chi connectivity index (χ4v) is 3.38. The van der Waals surface area contributed by atoms with Crippen LogP contribution >= 0.6 is 11.6 Å². The van der Waals surface area contributed by atoms with Crippen LogP contribution in [-0.4, -0.2) is 6.10 Å². The maximum Gasteiger partial charge on any atom is 0.121 e. The van der Waals surface area contributed by atoms with E-state index in [9.17, 15) is 0 Å². The Balaban J connectivity index is 1.74. The number of ether oxygens (including phenoxy) is 1. The molecule has 3 rings (SSSR count). The lowest BCUT2D eigenvalue weighted by Gasteiger charge is -2.23. The van der Waals surface area contributed by atoms with Gasteiger partial charge < -0.3 is 4.74 Å². The average molecular weight is 248 g/mol. The summed E-state index contributed by atoms with van der Waals surface area (Å²) in [5.41, 5.74) is 0.506. The molecule has 0 radical (unpaired) electrons. The highest BCUT2D eigenvalue weighted by Crippen LogP contribution is 2.46. The Labute approximate surface area is 106 Å². The molecule has 0 spiro atoms. The predicted octanol–water partition coefficient (Wildman–Crippen LogP) is 3.78. The van der Waals surface area contributed by atoms with Crippen molar-refractivity contribution in [3.05, 3.63) is 28.8 Å². The molecule has 0 amide bonds. The standard InChI is InChI=1S/C14H14ClNO/c15-13-7-12(4-3-11(13)8-16)17-14-6-9-1-2-10(14)5-9/h3-4,7,9-10,14H,1-2,5-6H2/t9?,10-,14+/m1/s1. The zero-order chi connectivity index (χ0) is 11.8. The molecule has 3 atom stereocenters. The molecule has 2 nitrogen and oxygen atoms in total. The number of benzene rings is 1. The molecule has 0 heterocycles. The zero-order valence-electron chi connectivity index (χ0n) is 9.53. The minimum Gasteiger partial charge on any atom is -0.490 e. The van der Waals surface area contributed by atoms with Crippen LogP contribution in [0.25, 0.3) is 0 Å². The number of halogens is 1. The van der Waals surface area contributed by atoms with Gasteiger partial charge >= 0.3 is 0 Å². The van der Waals surface area contributed by atoms with E-state index in [2.05, 4.69) is 6.07 Å². The lowest BCUT2D eigenvalue weighted by molar-refractivity contribution is 0.138. The highest BCUT2D eigenvalue weighted by molar-refractivity contribution is 6.31. The van der Waals surface area contributed by atoms with Gasteiger partial charge in [-0.1, -0.05) is 11.6 Å². The molecule has 2 aliphatic rings. The van der Waals surface area contributed by atoms with Gasteiger partial charge in [-0.3, -0.25) is 0 Å². The number of hydrogen-bond acceptors (Lipinski definition) is 2. The summed E-state index contributed by atoms with van der Waals surface area (Å²) in [6, 6.07) is 7.38. The third-order valence-electron chi connectivity index (χ3n) is 4.02. The molecule has 1 aromatic rings. The average Bonchev–Trinajstić information content (AvgIpc) is 2.91. The van der Waals surface area contributed by atoms with E-state index in [1.54, 1.807) is 12.1 Å². The Morgan fingerprint density at radius 2 is 2.18 bits per heavy atom. The fourth-order valence-electron chi connectivity index (χ4n) is 3.17. The summed E-state index contributed by atoms with van der Waals surface area (Å²) in [4.78, 5) is 0. The topological polar surface area (TPSA) is 33.0 Å². The molecule has 0 aromatic heterocycles. The van der Waals surface area contributed by atoms with Gasteiger partial charge in [0.25, 0.3) is 0 Å². The van der Waals surface area contributed by atoms with Crippen molar-refractivity contribution in [2.45, 2.75) is 31.8 Å². The lowest BCUT2D eigenvalue weighted by Crippen LogP contribution is -2.23. The van der Waals surface area contributed by atoms with Gasteiger partial charge in [0.1, 0.15) is 17.9 Å². The highest BCUT2D eigenvalue weighted by atomic mass is 35.5. The van der Waals surface area contributed by atoms with Crippen molar-refractivity contribution in [3.8, 4) is 11.8 Å². The smallest absolute Gasteiger partial charge is 0.121 e. The molecule has 0 N–H and O–H groups in total. The minimum absolute atomic E-state index is 0.359. The van der Waals surface area contributed by atoms with Crippen LogP contribution < -0.4 is 4.74 Å². The molecule has 2 aliphatic carbocycles. The third-order valence-corrected chi connectivity index (χ3v) is 4.33. The Hall–Kier alpha value is -1.20. The van der Waals surface area contributed by atoms with Crippen molar-refractivity contribution >= 4 is 11.6 Å². The number of nitrogens with zero attached hydrogens (tertiary/aromatic N) is 1. The van der Waals surface area contributed by atoms with E-state index in [1.165, 1.54) is 25.7 Å². The van der Waals surface area contributed by atoms with Gasteiger partial charge in [0.15, 0.2) is 0 Å². The van der Waals surface area contributed by atoms with E-state index in [1.807, 2.05) is 6.07 Å². The summed E-state index contributed by atoms with van der Waals surface area (Å²) in [5.74, 6) is 2.40. The summed E-state index contributed by atoms with van der Waals surface area (Å²) in [5, 5.41) is 9.28. The fraction of sp³-hybridized carbons (Fsp3) is 0.500. The molecule has 3 heteroatoms. The van der Waals surface area contributed by atoms with Crippen molar-refractivity contribution in [1.82, 2.24) is 0 Å². The van der Waals surface area contributed by atoms with Gasteiger partial charge in [0.2, 0.25) is 0 Å². The number of rotatable bonds is 2. The van der Waals surface area contributed by atoms with E-state index in [-0.39, 0.29) is 0 Å². The van der Waals surface area contributed by atoms with Gasteiger partial charge in [-0.2, -0.15) is 5.26 Å². The van der Waals surface area contributed by atoms with E-state index < -0.39 is 0 Å². The van der Waals surface area contributed by atoms with Gasteiger partial charge in [0.05, 0.1) is 10.6 Å². The second kappa shape index (κ2) is 4.23. The zero-order valence-corrected chi connectivity index (χ0v) is 10.3. The first-order valence-corrected chi connectivity index (χ1v) is 6.50. The van der Waals surface area contributed by atoms with E-state index >= 15 is 0 Å². The van der Waals surface area contributed by atoms with Crippen LogP contribution in [0.5, 0.6) is 5.75 Å². The number of hydrogen-bond donors (Lipinski definition) is 0. The van der Waals surface area contributed by atoms with Crippen molar-refractivity contribution in [2.24, 2.45) is 11.8 Å². The summed E-state index contributed by atoms with van der Waals surface area (Å²) in [6.45, 7) is 0. The van der Waals surface area contributed by atoms with Crippen LogP contribution in [0.2, 0.25) is 5.02 Å². The van der Waals surface area contributed by atoms with Crippen LogP contribution in [0.4, 0.5) is 0 Å². The molecule has 2 bridgehead atoms. The third kappa shape index (κ3) is 2.00. The van der Waals surface area contributed by atoms with Crippen LogP contribution in [0.1, 0.15) is 31.2 Å². The molecule has 88 valence electrons. The van der Waals surface area contributed by atoms with Crippen molar-refractivity contribution in [1.29, 1.82) is 5.26 Å². The second-order valence-electron chi connectivity index (χ2n) is 5.08. The quantitative estimate of drug-likeness (QED) is 0.797. The molecule has 0 saturated heterocycles. The Kier molecular flexibility index (Phi) is 2.72. The predicted molar refractivity (Wildman–Crippen MR) is 66.0 cm³/mol. The van der Waals surface area contributed by atoms with Crippen molar-refractivity contribution < 1.29 is 4.74 Å². The van der Waals surface area contributed by atoms with Crippen LogP contribution in [0, 0.1) is 23.2 Å². The SMILES string of the molecule is N#Cc1ccc(O[C@H]2CC3CC[C@@H]2C3)cc1Cl. The monoisotopic (exact) mass is 247 g/mol. The molecule has 1 unspecified atom stereocenters. The molecule has 1 aromatic carbocycles. The van der Waals surface area contributed by atoms with Gasteiger partial charge in [-0.05, 0) is 49.7 Å². The van der Waals surface area contributed by atoms with E-state index in [0.29, 0.717) is 16.7 Å². The van der Waals surface area contributed by atoms with Crippen molar-refractivity contribution in [3.63, 3.8) is 0 Å². The number of nitriles is 1. The largest absolute Gasteiger partial charge is 0.490 e. The van der Waals surface area contributed by atoms with E-state index in [0.717, 1.165) is 17.6 Å². The lowest BCUT2D eigenvalue weighted by atomic mass is 9.98. The Bertz CT molecular complexity index is 480. The summed E-state index contributed by atoms with van der Waals surface area (Å²) in [6.07, 6.45) is 5.55. The van der Waals surface area contributed by atoms with Crippen LogP contribution in [0.3, 0.4) is 0 Å². The normalized spacial score (nSPS) is 30.2. The van der Waals surface area contributed by atoms with Gasteiger partial charge in [0, 0.05) is 6.07 Å². The molecule has 17 heavy (non-hydrogen) atoms. The maximum atomic E-state index is 8.80. The Morgan fingerprint density at radius 1 is 1.29 bits per heavy atom. The Morgan fingerprint density at radius 3 is 2.76 bits per heavy atom. The summed E-state index contributed by atoms with van der Waals surface area (Å²) in [7, 11) is 0. The van der Waals surface area contributed by atoms with Crippen molar-refractivity contribution in [2.75, 3.05) is 0 Å². The first kappa shape index (κ1) is 10.9. The van der Waals surface area contributed by atoms with Gasteiger partial charge in [-0.15, -0.1) is 0 Å². The molecular formula is C14H14ClNO. The van der Waals surface area contributed by atoms with Crippen LogP contribution in [-0.2, 0) is 0 Å². The first-order chi connectivity index (χ1) is 8.26. The molecular weight excluding hydrogens is 234 g/mol. The summed E-state index contributed by atoms with van der Waals surface area (Å²) < 4.78 is 6.00. The highest BCUT2D eigenvalue weighted by Gasteiger charge is 2.40. The maximum absolute atomic E-state index is 8.80.